The van der Waals surface area contributed by atoms with Gasteiger partial charge >= 0.3 is 0 Å². The molecule has 4 heteroatoms. The van der Waals surface area contributed by atoms with Gasteiger partial charge in [-0.05, 0) is 74.2 Å². The van der Waals surface area contributed by atoms with Gasteiger partial charge in [0, 0.05) is 30.1 Å². The highest BCUT2D eigenvalue weighted by Gasteiger charge is 2.61. The van der Waals surface area contributed by atoms with E-state index >= 15 is 0 Å². The molecule has 4 nitrogen and oxygen atoms in total. The van der Waals surface area contributed by atoms with E-state index in [4.69, 9.17) is 9.47 Å². The number of rotatable bonds is 1. The third-order valence-corrected chi connectivity index (χ3v) is 9.81. The zero-order chi connectivity index (χ0) is 20.9. The third kappa shape index (κ3) is 2.79. The second-order valence-corrected chi connectivity index (χ2v) is 12.6. The summed E-state index contributed by atoms with van der Waals surface area (Å²) in [5.74, 6) is 2.16. The Hall–Kier alpha value is -0.710. The monoisotopic (exact) mass is 414 g/mol. The van der Waals surface area contributed by atoms with E-state index in [-0.39, 0.29) is 10.8 Å². The smallest absolute Gasteiger partial charge is 0.171 e. The van der Waals surface area contributed by atoms with Crippen LogP contribution in [0.5, 0.6) is 0 Å². The third-order valence-electron chi connectivity index (χ3n) is 9.81. The van der Waals surface area contributed by atoms with Crippen LogP contribution >= 0.6 is 0 Å². The van der Waals surface area contributed by atoms with E-state index in [2.05, 4.69) is 20.8 Å². The molecule has 5 atom stereocenters. The zero-order valence-electron chi connectivity index (χ0n) is 19.0. The average molecular weight is 415 g/mol. The summed E-state index contributed by atoms with van der Waals surface area (Å²) in [6.07, 6.45) is 9.59. The fraction of sp³-hybridized carbons (Fsp3) is 0.885. The van der Waals surface area contributed by atoms with Gasteiger partial charge in [-0.25, -0.2) is 0 Å². The molecule has 5 fully saturated rings. The number of ketones is 1. The standard InChI is InChI=1S/C26H38O4/c1-23(2)14-29-26(30-15-23)11-9-20-22-17(8-10-25(20,28)13-26)19-6-7-21(27)24(19,3)12-18(22)16-4-5-16/h16-19,28H,4-15H2,1-3H3/t17-,18+,19-,24-,25+/m0/s1. The Labute approximate surface area is 180 Å². The van der Waals surface area contributed by atoms with Crippen LogP contribution in [0.4, 0.5) is 0 Å². The highest BCUT2D eigenvalue weighted by molar-refractivity contribution is 5.87. The van der Waals surface area contributed by atoms with Crippen LogP contribution in [0.1, 0.15) is 85.0 Å². The fourth-order valence-corrected chi connectivity index (χ4v) is 8.01. The number of Topliss-reactive ketones (excluding diaryl/α,β-unsaturated/α-hetero) is 1. The van der Waals surface area contributed by atoms with Crippen molar-refractivity contribution < 1.29 is 19.4 Å². The second-order valence-electron chi connectivity index (χ2n) is 12.6. The van der Waals surface area contributed by atoms with E-state index in [1.807, 2.05) is 0 Å². The van der Waals surface area contributed by atoms with Crippen molar-refractivity contribution in [3.63, 3.8) is 0 Å². The maximum atomic E-state index is 12.9. The van der Waals surface area contributed by atoms with Gasteiger partial charge in [-0.2, -0.15) is 0 Å². The van der Waals surface area contributed by atoms with Crippen molar-refractivity contribution in [1.29, 1.82) is 0 Å². The molecule has 0 unspecified atom stereocenters. The Kier molecular flexibility index (Phi) is 4.12. The molecular weight excluding hydrogens is 376 g/mol. The maximum Gasteiger partial charge on any atom is 0.171 e. The minimum absolute atomic E-state index is 0.0458. The van der Waals surface area contributed by atoms with Gasteiger partial charge in [-0.1, -0.05) is 26.3 Å². The second kappa shape index (κ2) is 6.20. The molecule has 1 N–H and O–H groups in total. The van der Waals surface area contributed by atoms with Crippen molar-refractivity contribution in [2.24, 2.45) is 34.5 Å². The number of carbonyl (C=O) groups is 1. The van der Waals surface area contributed by atoms with Gasteiger partial charge in [0.2, 0.25) is 0 Å². The maximum absolute atomic E-state index is 12.9. The summed E-state index contributed by atoms with van der Waals surface area (Å²) in [6.45, 7) is 8.03. The Morgan fingerprint density at radius 1 is 0.933 bits per heavy atom. The number of allylic oxidation sites excluding steroid dienone is 1. The number of aliphatic hydroxyl groups is 1. The molecule has 1 aliphatic heterocycles. The van der Waals surface area contributed by atoms with Crippen molar-refractivity contribution in [3.8, 4) is 0 Å². The summed E-state index contributed by atoms with van der Waals surface area (Å²) in [4.78, 5) is 12.9. The Morgan fingerprint density at radius 2 is 1.67 bits per heavy atom. The van der Waals surface area contributed by atoms with Gasteiger partial charge in [0.15, 0.2) is 5.79 Å². The van der Waals surface area contributed by atoms with E-state index in [0.29, 0.717) is 43.2 Å². The molecule has 0 aromatic carbocycles. The highest BCUT2D eigenvalue weighted by Crippen LogP contribution is 2.65. The Bertz CT molecular complexity index is 798. The molecule has 0 aromatic rings. The van der Waals surface area contributed by atoms with Gasteiger partial charge in [0.05, 0.1) is 18.8 Å². The first kappa shape index (κ1) is 19.9. The van der Waals surface area contributed by atoms with Gasteiger partial charge in [-0.3, -0.25) is 4.79 Å². The van der Waals surface area contributed by atoms with Crippen LogP contribution in [0.3, 0.4) is 0 Å². The normalized spacial score (nSPS) is 47.1. The number of carbonyl (C=O) groups excluding carboxylic acids is 1. The van der Waals surface area contributed by atoms with E-state index in [1.165, 1.54) is 18.4 Å². The van der Waals surface area contributed by atoms with E-state index in [9.17, 15) is 9.90 Å². The molecule has 0 radical (unpaired) electrons. The topological polar surface area (TPSA) is 55.8 Å². The molecule has 0 aromatic heterocycles. The first-order valence-corrected chi connectivity index (χ1v) is 12.4. The van der Waals surface area contributed by atoms with Gasteiger partial charge in [0.25, 0.3) is 0 Å². The lowest BCUT2D eigenvalue weighted by Gasteiger charge is -2.57. The van der Waals surface area contributed by atoms with Crippen LogP contribution in [0.15, 0.2) is 11.1 Å². The van der Waals surface area contributed by atoms with Crippen molar-refractivity contribution >= 4 is 5.78 Å². The summed E-state index contributed by atoms with van der Waals surface area (Å²) < 4.78 is 12.6. The van der Waals surface area contributed by atoms with Crippen molar-refractivity contribution in [2.75, 3.05) is 13.2 Å². The molecule has 1 spiro atoms. The predicted octanol–water partition coefficient (Wildman–Crippen LogP) is 4.79. The molecule has 166 valence electrons. The molecular formula is C26H38O4. The number of hydrogen-bond donors (Lipinski definition) is 1. The Balaban J connectivity index is 1.36. The average Bonchev–Trinajstić information content (AvgIpc) is 3.49. The molecule has 6 aliphatic rings. The van der Waals surface area contributed by atoms with Crippen LogP contribution < -0.4 is 0 Å². The SMILES string of the molecule is CC1(C)COC2(CCC3=C4[C@@H](CC[C@@]3(O)C2)[C@@H]2CCC(=O)[C@@]2(C)C[C@@H]4C2CC2)OC1. The van der Waals surface area contributed by atoms with Gasteiger partial charge in [0.1, 0.15) is 5.78 Å². The first-order chi connectivity index (χ1) is 14.1. The quantitative estimate of drug-likeness (QED) is 0.627. The minimum atomic E-state index is -0.783. The summed E-state index contributed by atoms with van der Waals surface area (Å²) in [6, 6.07) is 0. The van der Waals surface area contributed by atoms with Crippen molar-refractivity contribution in [1.82, 2.24) is 0 Å². The molecule has 0 amide bonds. The van der Waals surface area contributed by atoms with E-state index in [0.717, 1.165) is 50.9 Å². The van der Waals surface area contributed by atoms with Crippen LogP contribution in [0.25, 0.3) is 0 Å². The number of hydrogen-bond acceptors (Lipinski definition) is 4. The predicted molar refractivity (Wildman–Crippen MR) is 114 cm³/mol. The fourth-order valence-electron chi connectivity index (χ4n) is 8.01. The molecule has 0 bridgehead atoms. The number of fused-ring (bicyclic) bond motifs is 4. The largest absolute Gasteiger partial charge is 0.385 e. The lowest BCUT2D eigenvalue weighted by Crippen LogP contribution is -2.57. The zero-order valence-corrected chi connectivity index (χ0v) is 19.0. The van der Waals surface area contributed by atoms with Crippen molar-refractivity contribution in [2.45, 2.75) is 96.4 Å². The Morgan fingerprint density at radius 3 is 2.37 bits per heavy atom. The summed E-state index contributed by atoms with van der Waals surface area (Å²) >= 11 is 0. The van der Waals surface area contributed by atoms with Crippen LogP contribution in [0, 0.1) is 34.5 Å². The van der Waals surface area contributed by atoms with Crippen LogP contribution in [-0.2, 0) is 14.3 Å². The summed E-state index contributed by atoms with van der Waals surface area (Å²) in [5.41, 5.74) is 2.07. The van der Waals surface area contributed by atoms with Crippen molar-refractivity contribution in [3.05, 3.63) is 11.1 Å². The lowest BCUT2D eigenvalue weighted by molar-refractivity contribution is -0.322. The lowest BCUT2D eigenvalue weighted by atomic mass is 9.51. The first-order valence-electron chi connectivity index (χ1n) is 12.4. The summed E-state index contributed by atoms with van der Waals surface area (Å²) in [7, 11) is 0. The van der Waals surface area contributed by atoms with Gasteiger partial charge in [-0.15, -0.1) is 0 Å². The number of ether oxygens (including phenoxy) is 2. The van der Waals surface area contributed by atoms with Crippen LogP contribution in [0.2, 0.25) is 0 Å². The van der Waals surface area contributed by atoms with E-state index in [1.54, 1.807) is 5.57 Å². The highest BCUT2D eigenvalue weighted by atomic mass is 16.7. The molecule has 1 saturated heterocycles. The summed E-state index contributed by atoms with van der Waals surface area (Å²) in [5, 5.41) is 12.0. The van der Waals surface area contributed by atoms with Crippen LogP contribution in [-0.4, -0.2) is 35.5 Å². The van der Waals surface area contributed by atoms with Gasteiger partial charge < -0.3 is 14.6 Å². The molecule has 30 heavy (non-hydrogen) atoms. The molecule has 4 saturated carbocycles. The molecule has 1 heterocycles. The molecule has 5 aliphatic carbocycles. The minimum Gasteiger partial charge on any atom is -0.385 e. The van der Waals surface area contributed by atoms with E-state index < -0.39 is 11.4 Å². The molecule has 6 rings (SSSR count).